The van der Waals surface area contributed by atoms with Crippen molar-refractivity contribution in [2.24, 2.45) is 0 Å². The maximum absolute atomic E-state index is 12.6. The van der Waals surface area contributed by atoms with Gasteiger partial charge >= 0.3 is 12.1 Å². The zero-order valence-corrected chi connectivity index (χ0v) is 19.9. The van der Waals surface area contributed by atoms with E-state index in [-0.39, 0.29) is 11.3 Å². The van der Waals surface area contributed by atoms with Crippen molar-refractivity contribution in [2.75, 3.05) is 20.7 Å². The molecule has 0 aliphatic rings. The molecule has 190 valence electrons. The molecule has 1 atom stereocenters. The minimum absolute atomic E-state index is 0.000465. The van der Waals surface area contributed by atoms with Crippen molar-refractivity contribution in [1.29, 1.82) is 0 Å². The lowest BCUT2D eigenvalue weighted by Gasteiger charge is -2.20. The highest BCUT2D eigenvalue weighted by molar-refractivity contribution is 7.89. The molecule has 0 saturated carbocycles. The summed E-state index contributed by atoms with van der Waals surface area (Å²) in [6.45, 7) is -0.571. The summed E-state index contributed by atoms with van der Waals surface area (Å²) in [6.07, 6.45) is 1.04. The Morgan fingerprint density at radius 3 is 2.72 bits per heavy atom. The van der Waals surface area contributed by atoms with Crippen LogP contribution < -0.4 is 0 Å². The summed E-state index contributed by atoms with van der Waals surface area (Å²) in [5.74, 6) is -2.30. The van der Waals surface area contributed by atoms with Gasteiger partial charge in [0, 0.05) is 43.9 Å². The fourth-order valence-electron chi connectivity index (χ4n) is 3.62. The van der Waals surface area contributed by atoms with Gasteiger partial charge in [-0.15, -0.1) is 0 Å². The standard InChI is InChI=1S/C22H21F3N6O4S/c1-30(2)36(33,34)16-5-3-4-14(10-16)18(7-9-35-21(32)22(23,24)25)31-12-15(11-29-31)19-17-6-8-26-20(17)28-13-27-19/h3-6,8,10-13,18H,7,9H2,1-2H3,(H,26,27,28). The topological polar surface area (TPSA) is 123 Å². The molecular formula is C22H21F3N6O4S. The number of esters is 1. The van der Waals surface area contributed by atoms with E-state index in [2.05, 4.69) is 24.8 Å². The SMILES string of the molecule is CN(C)S(=O)(=O)c1cccc(C(CCOC(=O)C(F)(F)F)n2cc(-c3ncnc4[nH]ccc34)cn2)c1. The number of nitrogens with zero attached hydrogens (tertiary/aromatic N) is 5. The number of hydrogen-bond acceptors (Lipinski definition) is 7. The molecule has 0 saturated heterocycles. The highest BCUT2D eigenvalue weighted by Gasteiger charge is 2.41. The molecule has 4 aromatic rings. The third kappa shape index (κ3) is 5.09. The number of H-pyrrole nitrogens is 1. The molecular weight excluding hydrogens is 501 g/mol. The second-order valence-corrected chi connectivity index (χ2v) is 10.1. The summed E-state index contributed by atoms with van der Waals surface area (Å²) in [6, 6.07) is 7.03. The van der Waals surface area contributed by atoms with Crippen molar-refractivity contribution >= 4 is 27.0 Å². The molecule has 0 bridgehead atoms. The smallest absolute Gasteiger partial charge is 0.459 e. The first-order valence-electron chi connectivity index (χ1n) is 10.6. The van der Waals surface area contributed by atoms with E-state index in [9.17, 15) is 26.4 Å². The minimum Gasteiger partial charge on any atom is -0.459 e. The van der Waals surface area contributed by atoms with Crippen LogP contribution in [0.5, 0.6) is 0 Å². The monoisotopic (exact) mass is 522 g/mol. The number of nitrogens with one attached hydrogen (secondary N) is 1. The number of aromatic nitrogens is 5. The van der Waals surface area contributed by atoms with Crippen molar-refractivity contribution in [3.05, 3.63) is 60.8 Å². The number of alkyl halides is 3. The van der Waals surface area contributed by atoms with Crippen molar-refractivity contribution < 1.29 is 31.1 Å². The van der Waals surface area contributed by atoms with Crippen LogP contribution in [-0.2, 0) is 19.6 Å². The summed E-state index contributed by atoms with van der Waals surface area (Å²) < 4.78 is 70.0. The lowest BCUT2D eigenvalue weighted by molar-refractivity contribution is -0.199. The number of fused-ring (bicyclic) bond motifs is 1. The Morgan fingerprint density at radius 2 is 2.00 bits per heavy atom. The van der Waals surface area contributed by atoms with Gasteiger partial charge in [-0.05, 0) is 23.8 Å². The molecule has 14 heteroatoms. The molecule has 1 N–H and O–H groups in total. The number of aromatic amines is 1. The zero-order valence-electron chi connectivity index (χ0n) is 19.1. The van der Waals surface area contributed by atoms with Gasteiger partial charge in [0.1, 0.15) is 12.0 Å². The number of halogens is 3. The van der Waals surface area contributed by atoms with Gasteiger partial charge in [-0.1, -0.05) is 12.1 Å². The normalized spacial score (nSPS) is 13.3. The minimum atomic E-state index is -5.12. The lowest BCUT2D eigenvalue weighted by atomic mass is 10.0. The number of carbonyl (C=O) groups is 1. The van der Waals surface area contributed by atoms with Gasteiger partial charge in [-0.2, -0.15) is 18.3 Å². The first-order valence-corrected chi connectivity index (χ1v) is 12.0. The predicted molar refractivity (Wildman–Crippen MR) is 122 cm³/mol. The largest absolute Gasteiger partial charge is 0.490 e. The van der Waals surface area contributed by atoms with E-state index in [1.165, 1.54) is 49.5 Å². The average Bonchev–Trinajstić information content (AvgIpc) is 3.51. The molecule has 0 fully saturated rings. The molecule has 3 heterocycles. The first-order chi connectivity index (χ1) is 17.0. The zero-order chi connectivity index (χ0) is 26.1. The maximum atomic E-state index is 12.6. The highest BCUT2D eigenvalue weighted by Crippen LogP contribution is 2.29. The third-order valence-corrected chi connectivity index (χ3v) is 7.24. The Labute approximate surface area is 203 Å². The summed E-state index contributed by atoms with van der Waals surface area (Å²) >= 11 is 0. The van der Waals surface area contributed by atoms with Crippen molar-refractivity contribution in [3.8, 4) is 11.3 Å². The molecule has 0 amide bonds. The van der Waals surface area contributed by atoms with Crippen LogP contribution in [0.4, 0.5) is 13.2 Å². The van der Waals surface area contributed by atoms with E-state index in [1.54, 1.807) is 24.5 Å². The van der Waals surface area contributed by atoms with Gasteiger partial charge in [0.15, 0.2) is 0 Å². The Kier molecular flexibility index (Phi) is 6.82. The second-order valence-electron chi connectivity index (χ2n) is 7.97. The second kappa shape index (κ2) is 9.70. The Bertz CT molecular complexity index is 1500. The Balaban J connectivity index is 1.70. The van der Waals surface area contributed by atoms with E-state index in [1.807, 2.05) is 0 Å². The van der Waals surface area contributed by atoms with Crippen molar-refractivity contribution in [1.82, 2.24) is 29.0 Å². The Morgan fingerprint density at radius 1 is 1.22 bits per heavy atom. The van der Waals surface area contributed by atoms with Crippen LogP contribution in [0.25, 0.3) is 22.3 Å². The van der Waals surface area contributed by atoms with Crippen LogP contribution in [-0.4, -0.2) is 70.3 Å². The third-order valence-electron chi connectivity index (χ3n) is 5.43. The van der Waals surface area contributed by atoms with Crippen LogP contribution in [0.15, 0.2) is 60.1 Å². The highest BCUT2D eigenvalue weighted by atomic mass is 32.2. The molecule has 4 rings (SSSR count). The molecule has 3 aromatic heterocycles. The quantitative estimate of drug-likeness (QED) is 0.353. The molecule has 10 nitrogen and oxygen atoms in total. The average molecular weight is 523 g/mol. The van der Waals surface area contributed by atoms with Crippen LogP contribution in [0.1, 0.15) is 18.0 Å². The van der Waals surface area contributed by atoms with Gasteiger partial charge in [-0.3, -0.25) is 4.68 Å². The number of rotatable bonds is 8. The first kappa shape index (κ1) is 25.3. The molecule has 0 spiro atoms. The van der Waals surface area contributed by atoms with Crippen LogP contribution in [0.2, 0.25) is 0 Å². The number of benzene rings is 1. The van der Waals surface area contributed by atoms with E-state index >= 15 is 0 Å². The molecule has 36 heavy (non-hydrogen) atoms. The van der Waals surface area contributed by atoms with Crippen LogP contribution in [0, 0.1) is 0 Å². The van der Waals surface area contributed by atoms with E-state index in [4.69, 9.17) is 0 Å². The maximum Gasteiger partial charge on any atom is 0.490 e. The summed E-state index contributed by atoms with van der Waals surface area (Å²) in [5.41, 5.74) is 2.25. The van der Waals surface area contributed by atoms with Crippen molar-refractivity contribution in [2.45, 2.75) is 23.5 Å². The van der Waals surface area contributed by atoms with Gasteiger partial charge in [0.05, 0.1) is 29.4 Å². The van der Waals surface area contributed by atoms with E-state index < -0.39 is 34.8 Å². The van der Waals surface area contributed by atoms with E-state index in [0.29, 0.717) is 22.5 Å². The summed E-state index contributed by atoms with van der Waals surface area (Å²) in [7, 11) is -0.999. The lowest BCUT2D eigenvalue weighted by Crippen LogP contribution is -2.26. The number of carbonyl (C=O) groups excluding carboxylic acids is 1. The molecule has 0 aliphatic heterocycles. The number of ether oxygens (including phenoxy) is 1. The predicted octanol–water partition coefficient (Wildman–Crippen LogP) is 3.16. The fraction of sp³-hybridized carbons (Fsp3) is 0.273. The van der Waals surface area contributed by atoms with Gasteiger partial charge in [-0.25, -0.2) is 27.5 Å². The summed E-state index contributed by atoms with van der Waals surface area (Å²) in [5, 5.41) is 5.10. The van der Waals surface area contributed by atoms with Gasteiger partial charge in [0.2, 0.25) is 10.0 Å². The van der Waals surface area contributed by atoms with Crippen LogP contribution >= 0.6 is 0 Å². The summed E-state index contributed by atoms with van der Waals surface area (Å²) in [4.78, 5) is 22.6. The molecule has 1 unspecified atom stereocenters. The Hall–Kier alpha value is -3.78. The van der Waals surface area contributed by atoms with Crippen molar-refractivity contribution in [3.63, 3.8) is 0 Å². The van der Waals surface area contributed by atoms with Crippen LogP contribution in [0.3, 0.4) is 0 Å². The molecule has 0 aliphatic carbocycles. The van der Waals surface area contributed by atoms with Gasteiger partial charge < -0.3 is 9.72 Å². The number of hydrogen-bond donors (Lipinski definition) is 1. The number of sulfonamides is 1. The van der Waals surface area contributed by atoms with E-state index in [0.717, 1.165) is 9.69 Å². The molecule has 1 aromatic carbocycles. The molecule has 0 radical (unpaired) electrons. The fourth-order valence-corrected chi connectivity index (χ4v) is 4.58. The van der Waals surface area contributed by atoms with Gasteiger partial charge in [0.25, 0.3) is 0 Å².